The second-order valence-electron chi connectivity index (χ2n) is 5.95. The number of hydrogen-bond donors (Lipinski definition) is 0. The van der Waals surface area contributed by atoms with Gasteiger partial charge in [-0.15, -0.1) is 0 Å². The zero-order chi connectivity index (χ0) is 16.2. The molecular weight excluding hydrogens is 314 g/mol. The van der Waals surface area contributed by atoms with Crippen molar-refractivity contribution in [3.63, 3.8) is 0 Å². The fourth-order valence-corrected chi connectivity index (χ4v) is 3.22. The quantitative estimate of drug-likeness (QED) is 0.860. The van der Waals surface area contributed by atoms with Crippen molar-refractivity contribution in [1.82, 2.24) is 15.0 Å². The fourth-order valence-electron chi connectivity index (χ4n) is 2.99. The highest BCUT2D eigenvalue weighted by Crippen LogP contribution is 2.26. The number of carbonyl (C=O) groups excluding carboxylic acids is 1. The molecule has 2 heterocycles. The molecular formula is C17H20ClN3O2. The van der Waals surface area contributed by atoms with E-state index in [1.54, 1.807) is 0 Å². The summed E-state index contributed by atoms with van der Waals surface area (Å²) in [5, 5.41) is 4.56. The third-order valence-corrected chi connectivity index (χ3v) is 4.60. The van der Waals surface area contributed by atoms with E-state index in [2.05, 4.69) is 10.1 Å². The molecule has 1 atom stereocenters. The molecule has 1 saturated heterocycles. The van der Waals surface area contributed by atoms with E-state index in [1.807, 2.05) is 36.1 Å². The molecule has 2 aromatic rings. The second-order valence-corrected chi connectivity index (χ2v) is 6.36. The SMILES string of the molecule is Cc1noc([C@@H]2CCCN(C(=O)CCc3ccccc3Cl)C2)n1. The summed E-state index contributed by atoms with van der Waals surface area (Å²) in [5.41, 5.74) is 1.02. The topological polar surface area (TPSA) is 59.2 Å². The third kappa shape index (κ3) is 3.91. The van der Waals surface area contributed by atoms with Crippen LogP contribution in [-0.2, 0) is 11.2 Å². The predicted octanol–water partition coefficient (Wildman–Crippen LogP) is 3.37. The van der Waals surface area contributed by atoms with Crippen LogP contribution in [0.2, 0.25) is 5.02 Å². The molecule has 0 N–H and O–H groups in total. The van der Waals surface area contributed by atoms with Gasteiger partial charge in [-0.2, -0.15) is 4.98 Å². The van der Waals surface area contributed by atoms with Gasteiger partial charge in [0.05, 0.1) is 5.92 Å². The fraction of sp³-hybridized carbons (Fsp3) is 0.471. The van der Waals surface area contributed by atoms with Crippen LogP contribution in [0.5, 0.6) is 0 Å². The molecule has 1 amide bonds. The molecule has 122 valence electrons. The molecule has 5 nitrogen and oxygen atoms in total. The molecule has 0 radical (unpaired) electrons. The first-order valence-electron chi connectivity index (χ1n) is 7.95. The van der Waals surface area contributed by atoms with E-state index in [-0.39, 0.29) is 11.8 Å². The maximum atomic E-state index is 12.5. The predicted molar refractivity (Wildman–Crippen MR) is 87.4 cm³/mol. The molecule has 1 aromatic heterocycles. The van der Waals surface area contributed by atoms with Crippen molar-refractivity contribution in [3.8, 4) is 0 Å². The van der Waals surface area contributed by atoms with Gasteiger partial charge in [0.15, 0.2) is 5.82 Å². The Morgan fingerprint density at radius 1 is 1.43 bits per heavy atom. The van der Waals surface area contributed by atoms with Crippen LogP contribution < -0.4 is 0 Å². The number of rotatable bonds is 4. The number of likely N-dealkylation sites (tertiary alicyclic amines) is 1. The Kier molecular flexibility index (Phi) is 4.96. The summed E-state index contributed by atoms with van der Waals surface area (Å²) in [7, 11) is 0. The summed E-state index contributed by atoms with van der Waals surface area (Å²) < 4.78 is 5.26. The first kappa shape index (κ1) is 16.0. The summed E-state index contributed by atoms with van der Waals surface area (Å²) in [6.45, 7) is 3.26. The lowest BCUT2D eigenvalue weighted by Crippen LogP contribution is -2.39. The minimum absolute atomic E-state index is 0.147. The molecule has 1 aliphatic heterocycles. The summed E-state index contributed by atoms with van der Waals surface area (Å²) >= 11 is 6.15. The molecule has 0 spiro atoms. The van der Waals surface area contributed by atoms with Crippen molar-refractivity contribution in [3.05, 3.63) is 46.6 Å². The van der Waals surface area contributed by atoms with Crippen LogP contribution in [-0.4, -0.2) is 34.0 Å². The average molecular weight is 334 g/mol. The van der Waals surface area contributed by atoms with Crippen molar-refractivity contribution in [2.45, 2.75) is 38.5 Å². The van der Waals surface area contributed by atoms with Crippen LogP contribution in [0, 0.1) is 6.92 Å². The lowest BCUT2D eigenvalue weighted by atomic mass is 9.97. The highest BCUT2D eigenvalue weighted by Gasteiger charge is 2.28. The van der Waals surface area contributed by atoms with Crippen molar-refractivity contribution in [2.24, 2.45) is 0 Å². The van der Waals surface area contributed by atoms with Crippen LogP contribution in [0.4, 0.5) is 0 Å². The number of carbonyl (C=O) groups is 1. The average Bonchev–Trinajstić information content (AvgIpc) is 3.00. The van der Waals surface area contributed by atoms with E-state index >= 15 is 0 Å². The Labute approximate surface area is 140 Å². The Bertz CT molecular complexity index is 686. The van der Waals surface area contributed by atoms with Gasteiger partial charge in [-0.05, 0) is 37.8 Å². The van der Waals surface area contributed by atoms with Gasteiger partial charge >= 0.3 is 0 Å². The molecule has 6 heteroatoms. The zero-order valence-corrected chi connectivity index (χ0v) is 13.9. The van der Waals surface area contributed by atoms with Gasteiger partial charge in [0.2, 0.25) is 11.8 Å². The van der Waals surface area contributed by atoms with Crippen LogP contribution >= 0.6 is 11.6 Å². The van der Waals surface area contributed by atoms with Gasteiger partial charge in [0.25, 0.3) is 0 Å². The number of amides is 1. The zero-order valence-electron chi connectivity index (χ0n) is 13.2. The van der Waals surface area contributed by atoms with Crippen LogP contribution in [0.15, 0.2) is 28.8 Å². The van der Waals surface area contributed by atoms with E-state index < -0.39 is 0 Å². The molecule has 1 fully saturated rings. The minimum Gasteiger partial charge on any atom is -0.342 e. The number of benzene rings is 1. The van der Waals surface area contributed by atoms with Gasteiger partial charge in [-0.3, -0.25) is 4.79 Å². The Balaban J connectivity index is 1.58. The lowest BCUT2D eigenvalue weighted by Gasteiger charge is -2.31. The summed E-state index contributed by atoms with van der Waals surface area (Å²) in [5.74, 6) is 1.59. The number of nitrogens with zero attached hydrogens (tertiary/aromatic N) is 3. The molecule has 3 rings (SSSR count). The van der Waals surface area contributed by atoms with Crippen molar-refractivity contribution < 1.29 is 9.32 Å². The molecule has 0 bridgehead atoms. The van der Waals surface area contributed by atoms with E-state index in [1.165, 1.54) is 0 Å². The van der Waals surface area contributed by atoms with E-state index in [4.69, 9.17) is 16.1 Å². The van der Waals surface area contributed by atoms with E-state index in [0.29, 0.717) is 31.1 Å². The Hall–Kier alpha value is -1.88. The highest BCUT2D eigenvalue weighted by molar-refractivity contribution is 6.31. The maximum absolute atomic E-state index is 12.5. The lowest BCUT2D eigenvalue weighted by molar-refractivity contribution is -0.132. The number of halogens is 1. The summed E-state index contributed by atoms with van der Waals surface area (Å²) in [4.78, 5) is 18.7. The molecule has 0 aliphatic carbocycles. The number of piperidine rings is 1. The van der Waals surface area contributed by atoms with Crippen LogP contribution in [0.25, 0.3) is 0 Å². The van der Waals surface area contributed by atoms with Gasteiger partial charge in [0.1, 0.15) is 0 Å². The first-order valence-corrected chi connectivity index (χ1v) is 8.32. The van der Waals surface area contributed by atoms with Gasteiger partial charge in [0, 0.05) is 24.5 Å². The van der Waals surface area contributed by atoms with Gasteiger partial charge in [-0.1, -0.05) is 35.0 Å². The summed E-state index contributed by atoms with van der Waals surface area (Å²) in [6.07, 6.45) is 3.08. The van der Waals surface area contributed by atoms with Crippen molar-refractivity contribution >= 4 is 17.5 Å². The largest absolute Gasteiger partial charge is 0.342 e. The molecule has 0 saturated carbocycles. The molecule has 23 heavy (non-hydrogen) atoms. The Morgan fingerprint density at radius 3 is 3.00 bits per heavy atom. The number of aromatic nitrogens is 2. The van der Waals surface area contributed by atoms with Gasteiger partial charge in [-0.25, -0.2) is 0 Å². The van der Waals surface area contributed by atoms with Gasteiger partial charge < -0.3 is 9.42 Å². The Morgan fingerprint density at radius 2 is 2.26 bits per heavy atom. The first-order chi connectivity index (χ1) is 11.1. The number of hydrogen-bond acceptors (Lipinski definition) is 4. The molecule has 1 aliphatic rings. The smallest absolute Gasteiger partial charge is 0.231 e. The van der Waals surface area contributed by atoms with Crippen LogP contribution in [0.1, 0.15) is 42.5 Å². The molecule has 0 unspecified atom stereocenters. The summed E-state index contributed by atoms with van der Waals surface area (Å²) in [6, 6.07) is 7.67. The van der Waals surface area contributed by atoms with Crippen molar-refractivity contribution in [2.75, 3.05) is 13.1 Å². The van der Waals surface area contributed by atoms with Crippen molar-refractivity contribution in [1.29, 1.82) is 0 Å². The monoisotopic (exact) mass is 333 g/mol. The second kappa shape index (κ2) is 7.13. The third-order valence-electron chi connectivity index (χ3n) is 4.23. The number of aryl methyl sites for hydroxylation is 2. The standard InChI is InChI=1S/C17H20ClN3O2/c1-12-19-17(23-20-12)14-6-4-10-21(11-14)16(22)9-8-13-5-2-3-7-15(13)18/h2-3,5,7,14H,4,6,8-11H2,1H3/t14-/m1/s1. The van der Waals surface area contributed by atoms with E-state index in [0.717, 1.165) is 30.0 Å². The maximum Gasteiger partial charge on any atom is 0.231 e. The highest BCUT2D eigenvalue weighted by atomic mass is 35.5. The molecule has 1 aromatic carbocycles. The van der Waals surface area contributed by atoms with Crippen LogP contribution in [0.3, 0.4) is 0 Å². The van der Waals surface area contributed by atoms with E-state index in [9.17, 15) is 4.79 Å². The normalized spacial score (nSPS) is 18.2. The minimum atomic E-state index is 0.147.